The van der Waals surface area contributed by atoms with Crippen LogP contribution in [0, 0.1) is 0 Å². The highest BCUT2D eigenvalue weighted by atomic mass is 35.5. The van der Waals surface area contributed by atoms with Gasteiger partial charge in [-0.25, -0.2) is 9.97 Å². The summed E-state index contributed by atoms with van der Waals surface area (Å²) >= 11 is 6.00. The lowest BCUT2D eigenvalue weighted by Crippen LogP contribution is -2.28. The number of hydrogen-bond acceptors (Lipinski definition) is 5. The number of hydrogen-bond donors (Lipinski definition) is 1. The van der Waals surface area contributed by atoms with Crippen molar-refractivity contribution in [2.24, 2.45) is 0 Å². The molecule has 0 saturated carbocycles. The third kappa shape index (κ3) is 2.94. The summed E-state index contributed by atoms with van der Waals surface area (Å²) in [7, 11) is 0. The summed E-state index contributed by atoms with van der Waals surface area (Å²) in [5, 5.41) is 11.2. The lowest BCUT2D eigenvalue weighted by atomic mass is 10.0. The first kappa shape index (κ1) is 15.7. The highest BCUT2D eigenvalue weighted by Gasteiger charge is 2.35. The monoisotopic (exact) mass is 344 g/mol. The summed E-state index contributed by atoms with van der Waals surface area (Å²) in [6, 6.07) is 9.66. The summed E-state index contributed by atoms with van der Waals surface area (Å²) in [6.45, 7) is 2.89. The number of halogens is 1. The third-order valence-electron chi connectivity index (χ3n) is 4.94. The van der Waals surface area contributed by atoms with Crippen molar-refractivity contribution in [1.29, 1.82) is 0 Å². The third-order valence-corrected chi connectivity index (χ3v) is 5.19. The van der Waals surface area contributed by atoms with Gasteiger partial charge in [0.05, 0.1) is 12.1 Å². The predicted octanol–water partition coefficient (Wildman–Crippen LogP) is 3.04. The molecule has 2 aliphatic rings. The first-order valence-electron chi connectivity index (χ1n) is 8.49. The van der Waals surface area contributed by atoms with Crippen LogP contribution >= 0.6 is 11.6 Å². The van der Waals surface area contributed by atoms with E-state index in [1.165, 1.54) is 12.8 Å². The predicted molar refractivity (Wildman–Crippen MR) is 95.6 cm³/mol. The molecule has 0 amide bonds. The Hall–Kier alpha value is -1.85. The van der Waals surface area contributed by atoms with Crippen molar-refractivity contribution in [3.05, 3.63) is 47.2 Å². The molecule has 2 aliphatic heterocycles. The van der Waals surface area contributed by atoms with Gasteiger partial charge in [-0.3, -0.25) is 0 Å². The molecule has 2 aromatic rings. The van der Waals surface area contributed by atoms with E-state index in [2.05, 4.69) is 19.8 Å². The molecule has 6 heteroatoms. The Morgan fingerprint density at radius 2 is 1.71 bits per heavy atom. The van der Waals surface area contributed by atoms with Crippen LogP contribution in [0.25, 0.3) is 0 Å². The van der Waals surface area contributed by atoms with Crippen molar-refractivity contribution in [3.8, 4) is 0 Å². The lowest BCUT2D eigenvalue weighted by molar-refractivity contribution is 0.165. The molecule has 1 aromatic heterocycles. The molecular weight excluding hydrogens is 324 g/mol. The Balaban J connectivity index is 1.64. The summed E-state index contributed by atoms with van der Waals surface area (Å²) in [5.41, 5.74) is 1.06. The zero-order chi connectivity index (χ0) is 16.5. The molecule has 1 N–H and O–H groups in total. The smallest absolute Gasteiger partial charge is 0.134 e. The second kappa shape index (κ2) is 6.57. The minimum absolute atomic E-state index is 0.0939. The van der Waals surface area contributed by atoms with Gasteiger partial charge in [0, 0.05) is 30.7 Å². The molecule has 2 atom stereocenters. The number of anilines is 2. The molecule has 24 heavy (non-hydrogen) atoms. The van der Waals surface area contributed by atoms with Gasteiger partial charge in [0.25, 0.3) is 0 Å². The van der Waals surface area contributed by atoms with Gasteiger partial charge in [-0.05, 0) is 37.0 Å². The maximum atomic E-state index is 10.5. The maximum absolute atomic E-state index is 10.5. The van der Waals surface area contributed by atoms with E-state index in [1.54, 1.807) is 6.33 Å². The van der Waals surface area contributed by atoms with Crippen molar-refractivity contribution in [2.45, 2.75) is 31.4 Å². The number of aliphatic hydroxyl groups excluding tert-OH is 1. The largest absolute Gasteiger partial charge is 0.391 e. The number of benzene rings is 1. The molecule has 4 rings (SSSR count). The van der Waals surface area contributed by atoms with Crippen molar-refractivity contribution in [1.82, 2.24) is 9.97 Å². The van der Waals surface area contributed by atoms with E-state index in [1.807, 2.05) is 30.3 Å². The van der Waals surface area contributed by atoms with Crippen molar-refractivity contribution in [3.63, 3.8) is 0 Å². The highest BCUT2D eigenvalue weighted by molar-refractivity contribution is 6.30. The Morgan fingerprint density at radius 1 is 1.00 bits per heavy atom. The molecule has 0 spiro atoms. The summed E-state index contributed by atoms with van der Waals surface area (Å²) in [4.78, 5) is 13.4. The summed E-state index contributed by atoms with van der Waals surface area (Å²) < 4.78 is 0. The lowest BCUT2D eigenvalue weighted by Gasteiger charge is -2.28. The molecule has 5 nitrogen and oxygen atoms in total. The van der Waals surface area contributed by atoms with Gasteiger partial charge < -0.3 is 14.9 Å². The Morgan fingerprint density at radius 3 is 2.46 bits per heavy atom. The van der Waals surface area contributed by atoms with Crippen LogP contribution in [-0.2, 0) is 0 Å². The number of aliphatic hydroxyl groups is 1. The van der Waals surface area contributed by atoms with Gasteiger partial charge in [-0.1, -0.05) is 23.7 Å². The molecule has 1 aromatic carbocycles. The van der Waals surface area contributed by atoms with Crippen molar-refractivity contribution in [2.75, 3.05) is 29.4 Å². The van der Waals surface area contributed by atoms with Gasteiger partial charge in [0.15, 0.2) is 0 Å². The molecule has 0 unspecified atom stereocenters. The van der Waals surface area contributed by atoms with Gasteiger partial charge in [0.2, 0.25) is 0 Å². The van der Waals surface area contributed by atoms with Gasteiger partial charge in [-0.15, -0.1) is 0 Å². The normalized spacial score (nSPS) is 23.9. The average molecular weight is 345 g/mol. The first-order chi connectivity index (χ1) is 11.7. The summed E-state index contributed by atoms with van der Waals surface area (Å²) in [6.07, 6.45) is 4.39. The van der Waals surface area contributed by atoms with Crippen LogP contribution in [0.3, 0.4) is 0 Å². The molecule has 126 valence electrons. The van der Waals surface area contributed by atoms with E-state index in [0.717, 1.165) is 43.3 Å². The fraction of sp³-hybridized carbons (Fsp3) is 0.444. The zero-order valence-electron chi connectivity index (χ0n) is 13.5. The Labute approximate surface area is 146 Å². The molecule has 2 saturated heterocycles. The molecule has 0 bridgehead atoms. The fourth-order valence-electron chi connectivity index (χ4n) is 3.71. The van der Waals surface area contributed by atoms with E-state index < -0.39 is 6.10 Å². The zero-order valence-corrected chi connectivity index (χ0v) is 14.2. The highest BCUT2D eigenvalue weighted by Crippen LogP contribution is 2.36. The van der Waals surface area contributed by atoms with Crippen LogP contribution in [0.1, 0.15) is 30.9 Å². The SMILES string of the molecule is O[C@@H]1CCN(c2cc(N3CCCC3)ncn2)[C@@H]1c1ccc(Cl)cc1. The van der Waals surface area contributed by atoms with E-state index >= 15 is 0 Å². The van der Waals surface area contributed by atoms with E-state index in [-0.39, 0.29) is 6.04 Å². The standard InChI is InChI=1S/C18H21ClN4O/c19-14-5-3-13(4-6-14)18-15(24)7-10-23(18)17-11-16(20-12-21-17)22-8-1-2-9-22/h3-6,11-12,15,18,24H,1-2,7-10H2/t15-,18-/m1/s1. The fourth-order valence-corrected chi connectivity index (χ4v) is 3.83. The summed E-state index contributed by atoms with van der Waals surface area (Å²) in [5.74, 6) is 1.86. The molecule has 0 radical (unpaired) electrons. The molecule has 0 aliphatic carbocycles. The van der Waals surface area contributed by atoms with Crippen molar-refractivity contribution >= 4 is 23.2 Å². The second-order valence-corrected chi connectivity index (χ2v) is 6.91. The second-order valence-electron chi connectivity index (χ2n) is 6.47. The topological polar surface area (TPSA) is 52.5 Å². The number of aromatic nitrogens is 2. The van der Waals surface area contributed by atoms with Crippen LogP contribution in [-0.4, -0.2) is 40.8 Å². The number of rotatable bonds is 3. The van der Waals surface area contributed by atoms with Crippen molar-refractivity contribution < 1.29 is 5.11 Å². The van der Waals surface area contributed by atoms with E-state index in [4.69, 9.17) is 11.6 Å². The minimum Gasteiger partial charge on any atom is -0.391 e. The Kier molecular flexibility index (Phi) is 4.29. The molecule has 3 heterocycles. The van der Waals surface area contributed by atoms with Crippen LogP contribution in [0.2, 0.25) is 5.02 Å². The van der Waals surface area contributed by atoms with Crippen LogP contribution < -0.4 is 9.80 Å². The van der Waals surface area contributed by atoms with Gasteiger partial charge in [-0.2, -0.15) is 0 Å². The van der Waals surface area contributed by atoms with E-state index in [0.29, 0.717) is 5.02 Å². The Bertz CT molecular complexity index is 702. The quantitative estimate of drug-likeness (QED) is 0.927. The van der Waals surface area contributed by atoms with Crippen LogP contribution in [0.5, 0.6) is 0 Å². The molecule has 2 fully saturated rings. The van der Waals surface area contributed by atoms with Gasteiger partial charge in [0.1, 0.15) is 18.0 Å². The maximum Gasteiger partial charge on any atom is 0.134 e. The van der Waals surface area contributed by atoms with E-state index in [9.17, 15) is 5.11 Å². The first-order valence-corrected chi connectivity index (χ1v) is 8.87. The molecular formula is C18H21ClN4O. The minimum atomic E-state index is -0.406. The van der Waals surface area contributed by atoms with Gasteiger partial charge >= 0.3 is 0 Å². The number of nitrogens with zero attached hydrogens (tertiary/aromatic N) is 4. The van der Waals surface area contributed by atoms with Crippen LogP contribution in [0.4, 0.5) is 11.6 Å². The van der Waals surface area contributed by atoms with Crippen LogP contribution in [0.15, 0.2) is 36.7 Å². The average Bonchev–Trinajstić information content (AvgIpc) is 3.26.